The number of aromatic nitrogens is 2. The van der Waals surface area contributed by atoms with Gasteiger partial charge in [-0.1, -0.05) is 12.1 Å². The third kappa shape index (κ3) is 2.65. The Morgan fingerprint density at radius 3 is 3.04 bits per heavy atom. The first-order valence-corrected chi connectivity index (χ1v) is 7.73. The lowest BCUT2D eigenvalue weighted by molar-refractivity contribution is -0.125. The Bertz CT molecular complexity index is 848. The number of fused-ring (bicyclic) bond motifs is 1. The number of imidazole rings is 1. The highest BCUT2D eigenvalue weighted by atomic mass is 16.3. The SMILES string of the molecule is O=C(/C=C/c1ccco1)N1CCC(n2cnc3ccccc32)C1. The van der Waals surface area contributed by atoms with Crippen molar-refractivity contribution in [1.82, 2.24) is 14.5 Å². The molecule has 1 atom stereocenters. The lowest BCUT2D eigenvalue weighted by Crippen LogP contribution is -2.27. The standard InChI is InChI=1S/C18H17N3O2/c22-18(8-7-15-4-3-11-23-15)20-10-9-14(12-20)21-13-19-16-5-1-2-6-17(16)21/h1-8,11,13-14H,9-10,12H2/b8-7+. The van der Waals surface area contributed by atoms with Gasteiger partial charge in [0.2, 0.25) is 5.91 Å². The minimum Gasteiger partial charge on any atom is -0.465 e. The van der Waals surface area contributed by atoms with Gasteiger partial charge in [0.1, 0.15) is 5.76 Å². The average molecular weight is 307 g/mol. The van der Waals surface area contributed by atoms with E-state index in [9.17, 15) is 4.79 Å². The summed E-state index contributed by atoms with van der Waals surface area (Å²) in [5.41, 5.74) is 2.12. The van der Waals surface area contributed by atoms with Crippen LogP contribution in [0.4, 0.5) is 0 Å². The van der Waals surface area contributed by atoms with E-state index in [1.165, 1.54) is 0 Å². The number of amides is 1. The highest BCUT2D eigenvalue weighted by Gasteiger charge is 2.27. The molecular weight excluding hydrogens is 290 g/mol. The highest BCUT2D eigenvalue weighted by Crippen LogP contribution is 2.26. The molecule has 1 fully saturated rings. The number of hydrogen-bond acceptors (Lipinski definition) is 3. The van der Waals surface area contributed by atoms with Crippen LogP contribution in [0, 0.1) is 0 Å². The zero-order chi connectivity index (χ0) is 15.6. The lowest BCUT2D eigenvalue weighted by Gasteiger charge is -2.15. The Labute approximate surface area is 133 Å². The Morgan fingerprint density at radius 1 is 1.26 bits per heavy atom. The number of nitrogens with zero attached hydrogens (tertiary/aromatic N) is 3. The molecule has 1 amide bonds. The number of carbonyl (C=O) groups excluding carboxylic acids is 1. The fourth-order valence-corrected chi connectivity index (χ4v) is 3.08. The summed E-state index contributed by atoms with van der Waals surface area (Å²) in [5, 5.41) is 0. The van der Waals surface area contributed by atoms with E-state index in [2.05, 4.69) is 15.6 Å². The third-order valence-corrected chi connectivity index (χ3v) is 4.28. The van der Waals surface area contributed by atoms with Crippen LogP contribution in [0.25, 0.3) is 17.1 Å². The molecule has 0 spiro atoms. The molecule has 0 radical (unpaired) electrons. The molecule has 5 nitrogen and oxygen atoms in total. The minimum absolute atomic E-state index is 0.0216. The molecule has 3 heterocycles. The molecule has 116 valence electrons. The number of carbonyl (C=O) groups is 1. The van der Waals surface area contributed by atoms with Crippen LogP contribution < -0.4 is 0 Å². The summed E-state index contributed by atoms with van der Waals surface area (Å²) in [5.74, 6) is 0.711. The summed E-state index contributed by atoms with van der Waals surface area (Å²) in [6.45, 7) is 1.47. The van der Waals surface area contributed by atoms with Gasteiger partial charge in [0.05, 0.1) is 29.7 Å². The lowest BCUT2D eigenvalue weighted by atomic mass is 10.2. The summed E-state index contributed by atoms with van der Waals surface area (Å²) < 4.78 is 7.38. The number of likely N-dealkylation sites (tertiary alicyclic amines) is 1. The second-order valence-corrected chi connectivity index (χ2v) is 5.72. The smallest absolute Gasteiger partial charge is 0.246 e. The molecule has 0 bridgehead atoms. The monoisotopic (exact) mass is 307 g/mol. The highest BCUT2D eigenvalue weighted by molar-refractivity contribution is 5.91. The predicted octanol–water partition coefficient (Wildman–Crippen LogP) is 3.12. The van der Waals surface area contributed by atoms with Crippen molar-refractivity contribution in [2.24, 2.45) is 0 Å². The van der Waals surface area contributed by atoms with E-state index >= 15 is 0 Å². The van der Waals surface area contributed by atoms with Crippen LogP contribution in [0.15, 0.2) is 59.5 Å². The molecule has 2 aromatic heterocycles. The first-order chi connectivity index (χ1) is 11.3. The molecule has 23 heavy (non-hydrogen) atoms. The summed E-state index contributed by atoms with van der Waals surface area (Å²) >= 11 is 0. The fraction of sp³-hybridized carbons (Fsp3) is 0.222. The van der Waals surface area contributed by atoms with Crippen molar-refractivity contribution >= 4 is 23.0 Å². The molecule has 1 aliphatic rings. The fourth-order valence-electron chi connectivity index (χ4n) is 3.08. The number of hydrogen-bond donors (Lipinski definition) is 0. The molecule has 0 aliphatic carbocycles. The quantitative estimate of drug-likeness (QED) is 0.699. The first-order valence-electron chi connectivity index (χ1n) is 7.73. The van der Waals surface area contributed by atoms with Crippen LogP contribution in [0.2, 0.25) is 0 Å². The predicted molar refractivity (Wildman–Crippen MR) is 87.7 cm³/mol. The van der Waals surface area contributed by atoms with E-state index in [0.29, 0.717) is 12.3 Å². The minimum atomic E-state index is 0.0216. The van der Waals surface area contributed by atoms with E-state index < -0.39 is 0 Å². The molecule has 1 aromatic carbocycles. The molecule has 1 saturated heterocycles. The zero-order valence-electron chi connectivity index (χ0n) is 12.6. The van der Waals surface area contributed by atoms with Crippen molar-refractivity contribution in [1.29, 1.82) is 0 Å². The number of benzene rings is 1. The number of rotatable bonds is 3. The van der Waals surface area contributed by atoms with Crippen molar-refractivity contribution in [3.05, 3.63) is 60.8 Å². The largest absolute Gasteiger partial charge is 0.465 e. The maximum Gasteiger partial charge on any atom is 0.246 e. The Kier molecular flexibility index (Phi) is 3.46. The molecule has 4 rings (SSSR count). The topological polar surface area (TPSA) is 51.3 Å². The number of furan rings is 1. The summed E-state index contributed by atoms with van der Waals surface area (Å²) in [4.78, 5) is 18.6. The molecular formula is C18H17N3O2. The van der Waals surface area contributed by atoms with Gasteiger partial charge in [-0.05, 0) is 36.8 Å². The summed E-state index contributed by atoms with van der Waals surface area (Å²) in [6.07, 6.45) is 7.71. The van der Waals surface area contributed by atoms with Gasteiger partial charge in [-0.25, -0.2) is 4.98 Å². The maximum absolute atomic E-state index is 12.3. The molecule has 0 saturated carbocycles. The van der Waals surface area contributed by atoms with Crippen molar-refractivity contribution < 1.29 is 9.21 Å². The van der Waals surface area contributed by atoms with Crippen LogP contribution >= 0.6 is 0 Å². The second kappa shape index (κ2) is 5.76. The van der Waals surface area contributed by atoms with Gasteiger partial charge in [0.25, 0.3) is 0 Å². The van der Waals surface area contributed by atoms with Gasteiger partial charge in [-0.3, -0.25) is 4.79 Å². The van der Waals surface area contributed by atoms with Crippen LogP contribution in [0.5, 0.6) is 0 Å². The molecule has 5 heteroatoms. The summed E-state index contributed by atoms with van der Waals surface area (Å²) in [6, 6.07) is 12.0. The third-order valence-electron chi connectivity index (χ3n) is 4.28. The van der Waals surface area contributed by atoms with Gasteiger partial charge in [0.15, 0.2) is 0 Å². The van der Waals surface area contributed by atoms with Gasteiger partial charge in [-0.15, -0.1) is 0 Å². The van der Waals surface area contributed by atoms with E-state index in [-0.39, 0.29) is 11.9 Å². The normalized spacial score (nSPS) is 18.3. The van der Waals surface area contributed by atoms with Gasteiger partial charge in [-0.2, -0.15) is 0 Å². The van der Waals surface area contributed by atoms with Crippen molar-refractivity contribution in [3.8, 4) is 0 Å². The molecule has 1 aliphatic heterocycles. The van der Waals surface area contributed by atoms with Gasteiger partial charge < -0.3 is 13.9 Å². The molecule has 1 unspecified atom stereocenters. The van der Waals surface area contributed by atoms with E-state index in [4.69, 9.17) is 4.42 Å². The van der Waals surface area contributed by atoms with Crippen LogP contribution in [0.3, 0.4) is 0 Å². The Morgan fingerprint density at radius 2 is 2.17 bits per heavy atom. The number of para-hydroxylation sites is 2. The molecule has 3 aromatic rings. The van der Waals surface area contributed by atoms with Crippen LogP contribution in [-0.2, 0) is 4.79 Å². The zero-order valence-corrected chi connectivity index (χ0v) is 12.6. The van der Waals surface area contributed by atoms with Gasteiger partial charge >= 0.3 is 0 Å². The Balaban J connectivity index is 1.47. The van der Waals surface area contributed by atoms with Crippen molar-refractivity contribution in [3.63, 3.8) is 0 Å². The van der Waals surface area contributed by atoms with Crippen LogP contribution in [0.1, 0.15) is 18.2 Å². The van der Waals surface area contributed by atoms with E-state index in [0.717, 1.165) is 24.0 Å². The summed E-state index contributed by atoms with van der Waals surface area (Å²) in [7, 11) is 0. The van der Waals surface area contributed by atoms with Crippen molar-refractivity contribution in [2.75, 3.05) is 13.1 Å². The van der Waals surface area contributed by atoms with E-state index in [1.54, 1.807) is 24.5 Å². The van der Waals surface area contributed by atoms with Gasteiger partial charge in [0, 0.05) is 19.2 Å². The van der Waals surface area contributed by atoms with E-state index in [1.807, 2.05) is 35.5 Å². The molecule has 0 N–H and O–H groups in total. The first kappa shape index (κ1) is 13.8. The maximum atomic E-state index is 12.3. The average Bonchev–Trinajstić information content (AvgIpc) is 3.31. The second-order valence-electron chi connectivity index (χ2n) is 5.72. The Hall–Kier alpha value is -2.82. The van der Waals surface area contributed by atoms with Crippen LogP contribution in [-0.4, -0.2) is 33.4 Å². The van der Waals surface area contributed by atoms with Crippen molar-refractivity contribution in [2.45, 2.75) is 12.5 Å².